The Morgan fingerprint density at radius 1 is 1.09 bits per heavy atom. The van der Waals surface area contributed by atoms with Crippen LogP contribution in [0.15, 0.2) is 59.4 Å². The molecule has 4 rings (SSSR count). The van der Waals surface area contributed by atoms with E-state index in [-0.39, 0.29) is 12.7 Å². The van der Waals surface area contributed by atoms with Gasteiger partial charge in [-0.05, 0) is 60.6 Å². The summed E-state index contributed by atoms with van der Waals surface area (Å²) in [7, 11) is 0. The predicted octanol–water partition coefficient (Wildman–Crippen LogP) is 5.50. The molecule has 0 unspecified atom stereocenters. The minimum absolute atomic E-state index is 0.236. The molecule has 3 aromatic rings. The van der Waals surface area contributed by atoms with E-state index in [2.05, 4.69) is 11.1 Å². The Bertz CT molecular complexity index is 1040. The molecule has 1 aromatic heterocycles. The van der Waals surface area contributed by atoms with Crippen molar-refractivity contribution in [1.82, 2.24) is 9.88 Å². The van der Waals surface area contributed by atoms with E-state index >= 15 is 0 Å². The molecule has 0 spiro atoms. The molecule has 7 heteroatoms. The summed E-state index contributed by atoms with van der Waals surface area (Å²) in [6.45, 7) is 2.34. The maximum atomic E-state index is 12.2. The summed E-state index contributed by atoms with van der Waals surface area (Å²) in [4.78, 5) is 18.1. The third kappa shape index (κ3) is 5.86. The molecule has 0 aliphatic carbocycles. The Kier molecular flexibility index (Phi) is 7.36. The average molecular weight is 448 g/mol. The molecular formula is C25H25N3O3S. The van der Waals surface area contributed by atoms with E-state index in [1.807, 2.05) is 53.9 Å². The van der Waals surface area contributed by atoms with Crippen molar-refractivity contribution in [3.8, 4) is 22.9 Å². The molecule has 164 valence electrons. The SMILES string of the molecule is N#Cc1ccc(-c2ccc(OCCC3CCN(C(=O)OCc4cscn4)CC3)cc2)cc1. The van der Waals surface area contributed by atoms with E-state index in [9.17, 15) is 4.79 Å². The highest BCUT2D eigenvalue weighted by atomic mass is 32.1. The van der Waals surface area contributed by atoms with Gasteiger partial charge in [-0.2, -0.15) is 5.26 Å². The van der Waals surface area contributed by atoms with Gasteiger partial charge in [0.2, 0.25) is 0 Å². The number of carbonyl (C=O) groups excluding carboxylic acids is 1. The number of piperidine rings is 1. The first kappa shape index (κ1) is 21.8. The van der Waals surface area contributed by atoms with Crippen molar-refractivity contribution in [2.45, 2.75) is 25.9 Å². The fourth-order valence-corrected chi connectivity index (χ4v) is 4.31. The van der Waals surface area contributed by atoms with Crippen molar-refractivity contribution >= 4 is 17.4 Å². The molecular weight excluding hydrogens is 422 g/mol. The van der Waals surface area contributed by atoms with Crippen molar-refractivity contribution in [2.75, 3.05) is 19.7 Å². The number of ether oxygens (including phenoxy) is 2. The van der Waals surface area contributed by atoms with Crippen molar-refractivity contribution < 1.29 is 14.3 Å². The molecule has 2 heterocycles. The summed E-state index contributed by atoms with van der Waals surface area (Å²) >= 11 is 1.50. The number of nitriles is 1. The Labute approximate surface area is 192 Å². The largest absolute Gasteiger partial charge is 0.494 e. The number of hydrogen-bond donors (Lipinski definition) is 0. The lowest BCUT2D eigenvalue weighted by atomic mass is 9.94. The number of amides is 1. The third-order valence-corrected chi connectivity index (χ3v) is 6.33. The number of hydrogen-bond acceptors (Lipinski definition) is 6. The first-order valence-corrected chi connectivity index (χ1v) is 11.7. The number of nitrogens with zero attached hydrogens (tertiary/aromatic N) is 3. The standard InChI is InChI=1S/C25H25N3O3S/c26-15-20-1-3-21(4-2-20)22-5-7-24(8-6-22)30-14-11-19-9-12-28(13-10-19)25(29)31-16-23-17-32-18-27-23/h1-8,17-19H,9-14,16H2. The summed E-state index contributed by atoms with van der Waals surface area (Å²) in [5, 5.41) is 10.8. The Balaban J connectivity index is 1.16. The van der Waals surface area contributed by atoms with Gasteiger partial charge in [-0.25, -0.2) is 9.78 Å². The molecule has 0 saturated carbocycles. The van der Waals surface area contributed by atoms with Gasteiger partial charge in [-0.15, -0.1) is 11.3 Å². The van der Waals surface area contributed by atoms with Crippen LogP contribution in [0.2, 0.25) is 0 Å². The second kappa shape index (κ2) is 10.8. The minimum Gasteiger partial charge on any atom is -0.494 e. The van der Waals surface area contributed by atoms with E-state index in [1.54, 1.807) is 10.4 Å². The maximum Gasteiger partial charge on any atom is 0.410 e. The molecule has 0 radical (unpaired) electrons. The number of benzene rings is 2. The van der Waals surface area contributed by atoms with Gasteiger partial charge in [0.05, 0.1) is 29.4 Å². The number of aromatic nitrogens is 1. The summed E-state index contributed by atoms with van der Waals surface area (Å²) < 4.78 is 11.3. The second-order valence-electron chi connectivity index (χ2n) is 7.82. The van der Waals surface area contributed by atoms with Crippen LogP contribution < -0.4 is 4.74 Å². The van der Waals surface area contributed by atoms with Crippen LogP contribution in [-0.2, 0) is 11.3 Å². The first-order valence-electron chi connectivity index (χ1n) is 10.7. The number of thiazole rings is 1. The van der Waals surface area contributed by atoms with Crippen LogP contribution in [0.5, 0.6) is 5.75 Å². The monoisotopic (exact) mass is 447 g/mol. The molecule has 1 saturated heterocycles. The molecule has 0 bridgehead atoms. The molecule has 0 atom stereocenters. The van der Waals surface area contributed by atoms with Crippen LogP contribution in [0.3, 0.4) is 0 Å². The minimum atomic E-state index is -0.255. The van der Waals surface area contributed by atoms with Crippen LogP contribution in [0.4, 0.5) is 4.79 Å². The van der Waals surface area contributed by atoms with Gasteiger partial charge in [0, 0.05) is 18.5 Å². The first-order chi connectivity index (χ1) is 15.7. The Hall–Kier alpha value is -3.37. The second-order valence-corrected chi connectivity index (χ2v) is 8.53. The molecule has 0 N–H and O–H groups in total. The molecule has 1 aliphatic heterocycles. The molecule has 1 aliphatic rings. The highest BCUT2D eigenvalue weighted by Crippen LogP contribution is 2.25. The topological polar surface area (TPSA) is 75.5 Å². The predicted molar refractivity (Wildman–Crippen MR) is 123 cm³/mol. The number of carbonyl (C=O) groups is 1. The van der Waals surface area contributed by atoms with Gasteiger partial charge >= 0.3 is 6.09 Å². The van der Waals surface area contributed by atoms with E-state index in [0.29, 0.717) is 18.1 Å². The summed E-state index contributed by atoms with van der Waals surface area (Å²) in [6.07, 6.45) is 2.65. The summed E-state index contributed by atoms with van der Waals surface area (Å²) in [5.74, 6) is 1.40. The van der Waals surface area contributed by atoms with Crippen LogP contribution in [0.1, 0.15) is 30.5 Å². The zero-order valence-electron chi connectivity index (χ0n) is 17.8. The van der Waals surface area contributed by atoms with E-state index < -0.39 is 0 Å². The third-order valence-electron chi connectivity index (χ3n) is 5.70. The van der Waals surface area contributed by atoms with Gasteiger partial charge in [-0.3, -0.25) is 0 Å². The lowest BCUT2D eigenvalue weighted by Gasteiger charge is -2.31. The fourth-order valence-electron chi connectivity index (χ4n) is 3.76. The molecule has 1 amide bonds. The average Bonchev–Trinajstić information content (AvgIpc) is 3.37. The lowest BCUT2D eigenvalue weighted by Crippen LogP contribution is -2.39. The molecule has 1 fully saturated rings. The summed E-state index contributed by atoms with van der Waals surface area (Å²) in [6, 6.07) is 17.7. The van der Waals surface area contributed by atoms with Crippen LogP contribution in [-0.4, -0.2) is 35.7 Å². The van der Waals surface area contributed by atoms with Gasteiger partial charge in [-0.1, -0.05) is 24.3 Å². The van der Waals surface area contributed by atoms with Gasteiger partial charge in [0.15, 0.2) is 0 Å². The number of likely N-dealkylation sites (tertiary alicyclic amines) is 1. The Morgan fingerprint density at radius 3 is 2.41 bits per heavy atom. The zero-order valence-corrected chi connectivity index (χ0v) is 18.6. The van der Waals surface area contributed by atoms with Gasteiger partial charge < -0.3 is 14.4 Å². The fraction of sp³-hybridized carbons (Fsp3) is 0.320. The van der Waals surface area contributed by atoms with Crippen molar-refractivity contribution in [3.63, 3.8) is 0 Å². The maximum absolute atomic E-state index is 12.2. The van der Waals surface area contributed by atoms with E-state index in [1.165, 1.54) is 11.3 Å². The molecule has 2 aromatic carbocycles. The van der Waals surface area contributed by atoms with E-state index in [4.69, 9.17) is 14.7 Å². The van der Waals surface area contributed by atoms with Crippen molar-refractivity contribution in [1.29, 1.82) is 5.26 Å². The molecule has 32 heavy (non-hydrogen) atoms. The van der Waals surface area contributed by atoms with Crippen molar-refractivity contribution in [2.24, 2.45) is 5.92 Å². The lowest BCUT2D eigenvalue weighted by molar-refractivity contribution is 0.0792. The normalized spacial score (nSPS) is 14.0. The van der Waals surface area contributed by atoms with Crippen molar-refractivity contribution in [3.05, 3.63) is 70.7 Å². The van der Waals surface area contributed by atoms with Gasteiger partial charge in [0.1, 0.15) is 12.4 Å². The highest BCUT2D eigenvalue weighted by Gasteiger charge is 2.23. The van der Waals surface area contributed by atoms with Crippen LogP contribution >= 0.6 is 11.3 Å². The highest BCUT2D eigenvalue weighted by molar-refractivity contribution is 7.07. The smallest absolute Gasteiger partial charge is 0.410 e. The molecule has 6 nitrogen and oxygen atoms in total. The van der Waals surface area contributed by atoms with Crippen LogP contribution in [0, 0.1) is 17.2 Å². The Morgan fingerprint density at radius 2 is 1.78 bits per heavy atom. The quantitative estimate of drug-likeness (QED) is 0.478. The summed E-state index contributed by atoms with van der Waals surface area (Å²) in [5.41, 5.74) is 5.36. The van der Waals surface area contributed by atoms with Gasteiger partial charge in [0.25, 0.3) is 0 Å². The zero-order chi connectivity index (χ0) is 22.2. The number of rotatable bonds is 7. The van der Waals surface area contributed by atoms with Crippen LogP contribution in [0.25, 0.3) is 11.1 Å². The van der Waals surface area contributed by atoms with E-state index in [0.717, 1.165) is 54.9 Å².